The molecule has 1 aromatic heterocycles. The van der Waals surface area contributed by atoms with E-state index in [1.54, 1.807) is 13.8 Å². The molecule has 0 unspecified atom stereocenters. The molecule has 0 saturated carbocycles. The van der Waals surface area contributed by atoms with Gasteiger partial charge in [0, 0.05) is 18.0 Å². The van der Waals surface area contributed by atoms with Crippen LogP contribution < -0.4 is 0 Å². The summed E-state index contributed by atoms with van der Waals surface area (Å²) in [6.45, 7) is 4.92. The minimum absolute atomic E-state index is 0.388. The van der Waals surface area contributed by atoms with Gasteiger partial charge in [-0.25, -0.2) is 0 Å². The molecule has 0 radical (unpaired) electrons. The number of para-hydroxylation sites is 1. The van der Waals surface area contributed by atoms with E-state index >= 15 is 0 Å². The maximum atomic E-state index is 11.8. The van der Waals surface area contributed by atoms with E-state index in [1.165, 1.54) is 6.92 Å². The van der Waals surface area contributed by atoms with Crippen molar-refractivity contribution in [2.45, 2.75) is 50.5 Å². The first-order valence-corrected chi connectivity index (χ1v) is 10.8. The molecule has 4 rings (SSSR count). The molecule has 3 heterocycles. The number of carbonyl (C=O) groups is 1. The second-order valence-corrected chi connectivity index (χ2v) is 11.2. The second kappa shape index (κ2) is 6.10. The van der Waals surface area contributed by atoms with Gasteiger partial charge in [0.05, 0.1) is 5.52 Å². The second-order valence-electron chi connectivity index (χ2n) is 6.99. The van der Waals surface area contributed by atoms with Crippen molar-refractivity contribution in [1.82, 2.24) is 4.98 Å². The molecule has 0 N–H and O–H groups in total. The van der Waals surface area contributed by atoms with Crippen molar-refractivity contribution >= 4 is 25.2 Å². The summed E-state index contributed by atoms with van der Waals surface area (Å²) >= 11 is 0. The van der Waals surface area contributed by atoms with Crippen LogP contribution in [0.5, 0.6) is 0 Å². The van der Waals surface area contributed by atoms with Crippen molar-refractivity contribution < 1.29 is 28.8 Å². The van der Waals surface area contributed by atoms with Crippen LogP contribution in [-0.2, 0) is 35.2 Å². The van der Waals surface area contributed by atoms with E-state index in [1.807, 2.05) is 30.3 Å². The Bertz CT molecular complexity index is 830. The summed E-state index contributed by atoms with van der Waals surface area (Å²) in [6.07, 6.45) is 1.49. The number of hydrogen-bond donors (Lipinski definition) is 0. The summed E-state index contributed by atoms with van der Waals surface area (Å²) in [5.41, 5.74) is 0.0386. The zero-order valence-corrected chi connectivity index (χ0v) is 16.0. The highest BCUT2D eigenvalue weighted by molar-refractivity contribution is 6.80. The zero-order chi connectivity index (χ0) is 18.4. The molecule has 138 valence electrons. The average Bonchev–Trinajstić information content (AvgIpc) is 3.53. The number of pyridine rings is 1. The average molecular weight is 375 g/mol. The van der Waals surface area contributed by atoms with Crippen LogP contribution in [0.25, 0.3) is 10.9 Å². The third kappa shape index (κ3) is 2.93. The molecule has 0 amide bonds. The lowest BCUT2D eigenvalue weighted by Crippen LogP contribution is -2.63. The topological polar surface area (TPSA) is 89.3 Å². The lowest BCUT2D eigenvalue weighted by atomic mass is 10.1. The quantitative estimate of drug-likeness (QED) is 0.417. The predicted octanol–water partition coefficient (Wildman–Crippen LogP) is 3.11. The number of hydrogen-bond acceptors (Lipinski definition) is 7. The third-order valence-electron chi connectivity index (χ3n) is 5.07. The van der Waals surface area contributed by atoms with Crippen molar-refractivity contribution in [1.29, 1.82) is 0 Å². The number of aryl methyl sites for hydroxylation is 1. The van der Waals surface area contributed by atoms with Crippen molar-refractivity contribution in [2.24, 2.45) is 0 Å². The molecule has 2 fully saturated rings. The summed E-state index contributed by atoms with van der Waals surface area (Å²) in [5.74, 6) is -0.388. The molecule has 0 aliphatic carbocycles. The van der Waals surface area contributed by atoms with Gasteiger partial charge in [0.15, 0.2) is 0 Å². The Hall–Kier alpha value is -1.84. The first kappa shape index (κ1) is 17.6. The summed E-state index contributed by atoms with van der Waals surface area (Å²) in [7, 11) is -3.01. The van der Waals surface area contributed by atoms with Crippen molar-refractivity contribution in [3.05, 3.63) is 42.1 Å². The summed E-state index contributed by atoms with van der Waals surface area (Å²) in [6, 6.07) is 12.7. The predicted molar refractivity (Wildman–Crippen MR) is 93.5 cm³/mol. The van der Waals surface area contributed by atoms with Gasteiger partial charge >= 0.3 is 8.32 Å². The third-order valence-corrected chi connectivity index (χ3v) is 10.0. The highest BCUT2D eigenvalue weighted by Gasteiger charge is 2.82. The zero-order valence-electron chi connectivity index (χ0n) is 15.0. The van der Waals surface area contributed by atoms with Gasteiger partial charge in [-0.1, -0.05) is 24.3 Å². The van der Waals surface area contributed by atoms with E-state index in [4.69, 9.17) is 29.0 Å². The molecule has 26 heavy (non-hydrogen) atoms. The Morgan fingerprint density at radius 3 is 2.35 bits per heavy atom. The number of carbonyl (C=O) groups excluding carboxylic acids is 1. The fourth-order valence-corrected chi connectivity index (χ4v) is 7.50. The Labute approximate surface area is 152 Å². The van der Waals surface area contributed by atoms with Crippen LogP contribution in [0.15, 0.2) is 36.4 Å². The van der Waals surface area contributed by atoms with E-state index < -0.39 is 19.1 Å². The maximum Gasteiger partial charge on any atom is 0.390 e. The number of rotatable bonds is 7. The summed E-state index contributed by atoms with van der Waals surface area (Å²) in [5, 5.41) is 1.11. The first-order valence-electron chi connectivity index (χ1n) is 8.65. The highest BCUT2D eigenvalue weighted by Crippen LogP contribution is 2.54. The minimum atomic E-state index is -3.01. The lowest BCUT2D eigenvalue weighted by Gasteiger charge is -2.31. The molecule has 7 nitrogen and oxygen atoms in total. The van der Waals surface area contributed by atoms with Crippen molar-refractivity contribution in [3.63, 3.8) is 0 Å². The SMILES string of the molecule is CC(=O)O[Si](CCCc1ccc2ccccc2n1)(C1(C)OO1)C1(C)OO1. The molecule has 0 atom stereocenters. The molecule has 8 heteroatoms. The van der Waals surface area contributed by atoms with E-state index in [9.17, 15) is 4.79 Å². The van der Waals surface area contributed by atoms with E-state index in [0.29, 0.717) is 6.04 Å². The van der Waals surface area contributed by atoms with E-state index in [2.05, 4.69) is 6.07 Å². The summed E-state index contributed by atoms with van der Waals surface area (Å²) in [4.78, 5) is 37.3. The van der Waals surface area contributed by atoms with Crippen LogP contribution in [0.4, 0.5) is 0 Å². The number of nitrogens with zero attached hydrogens (tertiary/aromatic N) is 1. The van der Waals surface area contributed by atoms with E-state index in [-0.39, 0.29) is 5.97 Å². The summed E-state index contributed by atoms with van der Waals surface area (Å²) < 4.78 is 5.78. The van der Waals surface area contributed by atoms with Crippen LogP contribution in [0.1, 0.15) is 32.9 Å². The van der Waals surface area contributed by atoms with E-state index in [0.717, 1.165) is 29.4 Å². The molecular weight excluding hydrogens is 354 g/mol. The van der Waals surface area contributed by atoms with Crippen molar-refractivity contribution in [3.8, 4) is 0 Å². The molecule has 2 aliphatic rings. The largest absolute Gasteiger partial charge is 0.507 e. The van der Waals surface area contributed by atoms with Gasteiger partial charge in [0.2, 0.25) is 0 Å². The Balaban J connectivity index is 1.52. The highest BCUT2D eigenvalue weighted by atomic mass is 28.4. The van der Waals surface area contributed by atoms with Gasteiger partial charge in [-0.3, -0.25) is 9.78 Å². The smallest absolute Gasteiger partial charge is 0.390 e. The Kier molecular flexibility index (Phi) is 4.12. The van der Waals surface area contributed by atoms with Crippen LogP contribution in [0.2, 0.25) is 6.04 Å². The molecule has 2 aliphatic heterocycles. The molecule has 2 aromatic rings. The van der Waals surface area contributed by atoms with Gasteiger partial charge in [-0.2, -0.15) is 19.6 Å². The molecule has 0 bridgehead atoms. The molecule has 2 saturated heterocycles. The molecule has 0 spiro atoms. The van der Waals surface area contributed by atoms with Gasteiger partial charge < -0.3 is 4.43 Å². The van der Waals surface area contributed by atoms with Crippen LogP contribution >= 0.6 is 0 Å². The molecule has 1 aromatic carbocycles. The first-order chi connectivity index (χ1) is 12.4. The Morgan fingerprint density at radius 2 is 1.73 bits per heavy atom. The fraction of sp³-hybridized carbons (Fsp3) is 0.444. The standard InChI is InChI=1S/C18H21NO6Si/c1-13(20)21-26(17(2)22-23-17,18(3)24-25-18)12-6-8-15-11-10-14-7-4-5-9-16(14)19-15/h4-5,7,9-11H,6,8,12H2,1-3H3. The van der Waals surface area contributed by atoms with Gasteiger partial charge in [0.1, 0.15) is 0 Å². The number of benzene rings is 1. The minimum Gasteiger partial charge on any atom is -0.507 e. The van der Waals surface area contributed by atoms with Crippen LogP contribution in [0.3, 0.4) is 0 Å². The number of aromatic nitrogens is 1. The normalized spacial score (nSPS) is 20.0. The van der Waals surface area contributed by atoms with Crippen LogP contribution in [-0.4, -0.2) is 30.1 Å². The van der Waals surface area contributed by atoms with Gasteiger partial charge in [-0.05, 0) is 44.9 Å². The van der Waals surface area contributed by atoms with Gasteiger partial charge in [0.25, 0.3) is 16.8 Å². The van der Waals surface area contributed by atoms with Gasteiger partial charge in [-0.15, -0.1) is 0 Å². The molecular formula is C18H21NO6Si. The lowest BCUT2D eigenvalue weighted by molar-refractivity contribution is -0.133. The Morgan fingerprint density at radius 1 is 1.08 bits per heavy atom. The monoisotopic (exact) mass is 375 g/mol. The number of fused-ring (bicyclic) bond motifs is 1. The fourth-order valence-electron chi connectivity index (χ4n) is 3.51. The van der Waals surface area contributed by atoms with Crippen molar-refractivity contribution in [2.75, 3.05) is 0 Å². The van der Waals surface area contributed by atoms with Crippen LogP contribution in [0, 0.1) is 0 Å². The maximum absolute atomic E-state index is 11.8.